The highest BCUT2D eigenvalue weighted by molar-refractivity contribution is 5.94. The average molecular weight is 339 g/mol. The predicted octanol–water partition coefficient (Wildman–Crippen LogP) is 2.70. The molecule has 6 heteroatoms. The highest BCUT2D eigenvalue weighted by atomic mass is 19.1. The quantitative estimate of drug-likeness (QED) is 0.845. The van der Waals surface area contributed by atoms with Gasteiger partial charge in [-0.2, -0.15) is 0 Å². The van der Waals surface area contributed by atoms with E-state index in [1.807, 2.05) is 0 Å². The lowest BCUT2D eigenvalue weighted by Gasteiger charge is -2.09. The van der Waals surface area contributed by atoms with Crippen molar-refractivity contribution in [1.29, 1.82) is 0 Å². The zero-order valence-corrected chi connectivity index (χ0v) is 14.0. The molecular formula is C19H18FN3O2. The summed E-state index contributed by atoms with van der Waals surface area (Å²) in [5.41, 5.74) is 1.83. The minimum atomic E-state index is -0.423. The van der Waals surface area contributed by atoms with E-state index in [1.165, 1.54) is 29.2 Å². The number of anilines is 1. The number of nitrogens with zero attached hydrogens (tertiary/aromatic N) is 1. The van der Waals surface area contributed by atoms with E-state index in [4.69, 9.17) is 0 Å². The summed E-state index contributed by atoms with van der Waals surface area (Å²) in [6.07, 6.45) is 0. The second-order valence-corrected chi connectivity index (χ2v) is 5.39. The zero-order chi connectivity index (χ0) is 18.2. The van der Waals surface area contributed by atoms with Crippen LogP contribution in [0, 0.1) is 17.7 Å². The molecule has 0 bridgehead atoms. The lowest BCUT2D eigenvalue weighted by molar-refractivity contribution is 0.0827. The number of benzene rings is 2. The number of rotatable bonds is 3. The van der Waals surface area contributed by atoms with E-state index in [-0.39, 0.29) is 18.3 Å². The van der Waals surface area contributed by atoms with Crippen molar-refractivity contribution in [3.63, 3.8) is 0 Å². The van der Waals surface area contributed by atoms with Gasteiger partial charge in [0.1, 0.15) is 5.82 Å². The van der Waals surface area contributed by atoms with E-state index in [9.17, 15) is 14.0 Å². The summed E-state index contributed by atoms with van der Waals surface area (Å²) in [5, 5.41) is 5.15. The second-order valence-electron chi connectivity index (χ2n) is 5.39. The highest BCUT2D eigenvalue weighted by Gasteiger charge is 2.06. The maximum atomic E-state index is 12.8. The van der Waals surface area contributed by atoms with Crippen molar-refractivity contribution in [2.24, 2.45) is 0 Å². The normalized spacial score (nSPS) is 9.56. The standard InChI is InChI=1S/C19H18FN3O2/c1-23(2)18(24)15-7-5-14(6-8-15)4-3-13-21-19(25)22-17-11-9-16(20)10-12-17/h5-12H,13H2,1-2H3,(H2,21,22,25). The van der Waals surface area contributed by atoms with Crippen LogP contribution in [0.15, 0.2) is 48.5 Å². The van der Waals surface area contributed by atoms with Gasteiger partial charge in [0, 0.05) is 30.9 Å². The van der Waals surface area contributed by atoms with Crippen molar-refractivity contribution < 1.29 is 14.0 Å². The molecule has 0 saturated heterocycles. The third kappa shape index (κ3) is 5.66. The van der Waals surface area contributed by atoms with E-state index in [2.05, 4.69) is 22.5 Å². The van der Waals surface area contributed by atoms with Gasteiger partial charge in [0.15, 0.2) is 0 Å². The van der Waals surface area contributed by atoms with Crippen LogP contribution in [-0.4, -0.2) is 37.5 Å². The number of urea groups is 1. The molecule has 25 heavy (non-hydrogen) atoms. The molecule has 0 aliphatic carbocycles. The third-order valence-corrected chi connectivity index (χ3v) is 3.21. The fourth-order valence-corrected chi connectivity index (χ4v) is 1.93. The molecule has 2 aromatic rings. The Bertz CT molecular complexity index is 803. The molecule has 2 rings (SSSR count). The van der Waals surface area contributed by atoms with Gasteiger partial charge in [-0.15, -0.1) is 0 Å². The topological polar surface area (TPSA) is 61.4 Å². The van der Waals surface area contributed by atoms with E-state index < -0.39 is 6.03 Å². The first kappa shape index (κ1) is 18.0. The molecule has 5 nitrogen and oxygen atoms in total. The number of halogens is 1. The summed E-state index contributed by atoms with van der Waals surface area (Å²) in [5.74, 6) is 5.29. The van der Waals surface area contributed by atoms with Gasteiger partial charge in [-0.3, -0.25) is 4.79 Å². The largest absolute Gasteiger partial charge is 0.345 e. The molecule has 0 aliphatic rings. The number of hydrogen-bond donors (Lipinski definition) is 2. The second kappa shape index (κ2) is 8.50. The summed E-state index contributed by atoms with van der Waals surface area (Å²) >= 11 is 0. The molecule has 0 aliphatic heterocycles. The Morgan fingerprint density at radius 3 is 2.28 bits per heavy atom. The molecule has 0 spiro atoms. The van der Waals surface area contributed by atoms with Gasteiger partial charge in [-0.1, -0.05) is 11.8 Å². The van der Waals surface area contributed by atoms with Gasteiger partial charge in [0.05, 0.1) is 6.54 Å². The van der Waals surface area contributed by atoms with E-state index in [0.29, 0.717) is 11.3 Å². The molecule has 0 atom stereocenters. The number of hydrogen-bond acceptors (Lipinski definition) is 2. The fraction of sp³-hybridized carbons (Fsp3) is 0.158. The summed E-state index contributed by atoms with van der Waals surface area (Å²) < 4.78 is 12.8. The molecule has 2 aromatic carbocycles. The zero-order valence-electron chi connectivity index (χ0n) is 14.0. The Labute approximate surface area is 145 Å². The van der Waals surface area contributed by atoms with Crippen LogP contribution in [0.3, 0.4) is 0 Å². The van der Waals surface area contributed by atoms with Crippen molar-refractivity contribution in [3.05, 3.63) is 65.5 Å². The smallest absolute Gasteiger partial charge is 0.319 e. The molecule has 0 fully saturated rings. The van der Waals surface area contributed by atoms with Crippen LogP contribution in [0.2, 0.25) is 0 Å². The van der Waals surface area contributed by atoms with Crippen LogP contribution in [0.1, 0.15) is 15.9 Å². The molecule has 128 valence electrons. The Hall–Kier alpha value is -3.33. The Morgan fingerprint density at radius 2 is 1.68 bits per heavy atom. The van der Waals surface area contributed by atoms with Crippen LogP contribution in [0.25, 0.3) is 0 Å². The molecule has 0 heterocycles. The SMILES string of the molecule is CN(C)C(=O)c1ccc(C#CCNC(=O)Nc2ccc(F)cc2)cc1. The third-order valence-electron chi connectivity index (χ3n) is 3.21. The first-order valence-corrected chi connectivity index (χ1v) is 7.57. The lowest BCUT2D eigenvalue weighted by Crippen LogP contribution is -2.28. The maximum Gasteiger partial charge on any atom is 0.319 e. The Balaban J connectivity index is 1.82. The number of carbonyl (C=O) groups is 2. The summed E-state index contributed by atoms with van der Waals surface area (Å²) in [7, 11) is 3.39. The van der Waals surface area contributed by atoms with Crippen molar-refractivity contribution >= 4 is 17.6 Å². The lowest BCUT2D eigenvalue weighted by atomic mass is 10.1. The minimum absolute atomic E-state index is 0.0707. The van der Waals surface area contributed by atoms with E-state index >= 15 is 0 Å². The number of nitrogens with one attached hydrogen (secondary N) is 2. The molecule has 3 amide bonds. The molecular weight excluding hydrogens is 321 g/mol. The van der Waals surface area contributed by atoms with E-state index in [0.717, 1.165) is 5.56 Å². The van der Waals surface area contributed by atoms with Gasteiger partial charge in [0.25, 0.3) is 5.91 Å². The first-order chi connectivity index (χ1) is 12.0. The van der Waals surface area contributed by atoms with Crippen LogP contribution in [-0.2, 0) is 0 Å². The van der Waals surface area contributed by atoms with Gasteiger partial charge in [-0.25, -0.2) is 9.18 Å². The minimum Gasteiger partial charge on any atom is -0.345 e. The van der Waals surface area contributed by atoms with Crippen molar-refractivity contribution in [2.75, 3.05) is 26.0 Å². The van der Waals surface area contributed by atoms with Crippen LogP contribution >= 0.6 is 0 Å². The van der Waals surface area contributed by atoms with Gasteiger partial charge >= 0.3 is 6.03 Å². The van der Waals surface area contributed by atoms with Crippen molar-refractivity contribution in [3.8, 4) is 11.8 Å². The summed E-state index contributed by atoms with van der Waals surface area (Å²) in [4.78, 5) is 24.9. The van der Waals surface area contributed by atoms with E-state index in [1.54, 1.807) is 38.4 Å². The van der Waals surface area contributed by atoms with Gasteiger partial charge in [0.2, 0.25) is 0 Å². The van der Waals surface area contributed by atoms with Gasteiger partial charge < -0.3 is 15.5 Å². The highest BCUT2D eigenvalue weighted by Crippen LogP contribution is 2.07. The van der Waals surface area contributed by atoms with Crippen LogP contribution in [0.5, 0.6) is 0 Å². The molecule has 0 radical (unpaired) electrons. The predicted molar refractivity (Wildman–Crippen MR) is 94.8 cm³/mol. The van der Waals surface area contributed by atoms with Crippen molar-refractivity contribution in [1.82, 2.24) is 10.2 Å². The average Bonchev–Trinajstić information content (AvgIpc) is 2.60. The molecule has 0 saturated carbocycles. The number of carbonyl (C=O) groups excluding carboxylic acids is 2. The van der Waals surface area contributed by atoms with Crippen LogP contribution in [0.4, 0.5) is 14.9 Å². The fourth-order valence-electron chi connectivity index (χ4n) is 1.93. The molecule has 2 N–H and O–H groups in total. The summed E-state index contributed by atoms with van der Waals surface area (Å²) in [6, 6.07) is 12.0. The first-order valence-electron chi connectivity index (χ1n) is 7.57. The monoisotopic (exact) mass is 339 g/mol. The van der Waals surface area contributed by atoms with Gasteiger partial charge in [-0.05, 0) is 48.5 Å². The van der Waals surface area contributed by atoms with Crippen LogP contribution < -0.4 is 10.6 Å². The molecule has 0 aromatic heterocycles. The van der Waals surface area contributed by atoms with Crippen molar-refractivity contribution in [2.45, 2.75) is 0 Å². The number of amides is 3. The maximum absolute atomic E-state index is 12.8. The Morgan fingerprint density at radius 1 is 1.04 bits per heavy atom. The molecule has 0 unspecified atom stereocenters. The Kier molecular flexibility index (Phi) is 6.13. The summed E-state index contributed by atoms with van der Waals surface area (Å²) in [6.45, 7) is 0.158.